The average molecular weight is 285 g/mol. The van der Waals surface area contributed by atoms with Gasteiger partial charge in [0.15, 0.2) is 0 Å². The molecule has 1 aromatic rings. The molecule has 16 heavy (non-hydrogen) atoms. The molecular weight excluding hydrogens is 268 g/mol. The summed E-state index contributed by atoms with van der Waals surface area (Å²) in [4.78, 5) is 10.9. The second-order valence-corrected chi connectivity index (χ2v) is 4.56. The summed E-state index contributed by atoms with van der Waals surface area (Å²) in [5, 5.41) is 1.02. The topological polar surface area (TPSA) is 26.3 Å². The number of rotatable bonds is 7. The third-order valence-corrected chi connectivity index (χ3v) is 2.73. The highest BCUT2D eigenvalue weighted by atomic mass is 79.9. The maximum Gasteiger partial charge on any atom is 0.134 e. The zero-order valence-electron chi connectivity index (χ0n) is 9.54. The van der Waals surface area contributed by atoms with Crippen LogP contribution < -0.4 is 4.74 Å². The molecule has 0 fully saturated rings. The van der Waals surface area contributed by atoms with Crippen LogP contribution in [0.15, 0.2) is 24.3 Å². The lowest BCUT2D eigenvalue weighted by Gasteiger charge is -2.06. The van der Waals surface area contributed by atoms with Gasteiger partial charge in [0.1, 0.15) is 11.5 Å². The van der Waals surface area contributed by atoms with Crippen molar-refractivity contribution in [2.45, 2.75) is 26.2 Å². The molecule has 1 rings (SSSR count). The second kappa shape index (κ2) is 7.44. The smallest absolute Gasteiger partial charge is 0.134 e. The van der Waals surface area contributed by atoms with Gasteiger partial charge in [-0.15, -0.1) is 0 Å². The zero-order valence-corrected chi connectivity index (χ0v) is 11.1. The van der Waals surface area contributed by atoms with Crippen LogP contribution in [0, 0.1) is 0 Å². The van der Waals surface area contributed by atoms with Crippen LogP contribution in [0.25, 0.3) is 0 Å². The van der Waals surface area contributed by atoms with E-state index in [1.807, 2.05) is 24.3 Å². The van der Waals surface area contributed by atoms with Crippen LogP contribution in [0.4, 0.5) is 0 Å². The lowest BCUT2D eigenvalue weighted by molar-refractivity contribution is -0.116. The molecule has 2 nitrogen and oxygen atoms in total. The first-order valence-electron chi connectivity index (χ1n) is 5.49. The summed E-state index contributed by atoms with van der Waals surface area (Å²) in [5.41, 5.74) is 1.04. The molecule has 88 valence electrons. The Morgan fingerprint density at radius 3 is 2.50 bits per heavy atom. The van der Waals surface area contributed by atoms with E-state index in [1.54, 1.807) is 6.92 Å². The Bertz CT molecular complexity index is 319. The van der Waals surface area contributed by atoms with Crippen LogP contribution in [0.3, 0.4) is 0 Å². The van der Waals surface area contributed by atoms with Crippen molar-refractivity contribution >= 4 is 21.7 Å². The van der Waals surface area contributed by atoms with Gasteiger partial charge in [-0.25, -0.2) is 0 Å². The van der Waals surface area contributed by atoms with Crippen LogP contribution in [0.1, 0.15) is 25.3 Å². The van der Waals surface area contributed by atoms with Gasteiger partial charge < -0.3 is 4.74 Å². The molecule has 0 saturated carbocycles. The van der Waals surface area contributed by atoms with Gasteiger partial charge in [0.25, 0.3) is 0 Å². The van der Waals surface area contributed by atoms with Gasteiger partial charge in [-0.2, -0.15) is 0 Å². The lowest BCUT2D eigenvalue weighted by atomic mass is 10.1. The monoisotopic (exact) mass is 284 g/mol. The van der Waals surface area contributed by atoms with E-state index in [0.717, 1.165) is 36.1 Å². The van der Waals surface area contributed by atoms with Gasteiger partial charge in [-0.3, -0.25) is 4.79 Å². The number of alkyl halides is 1. The zero-order chi connectivity index (χ0) is 11.8. The summed E-state index contributed by atoms with van der Waals surface area (Å²) in [6.45, 7) is 2.35. The van der Waals surface area contributed by atoms with E-state index in [4.69, 9.17) is 4.74 Å². The molecule has 0 aromatic heterocycles. The van der Waals surface area contributed by atoms with Crippen LogP contribution in [-0.4, -0.2) is 17.7 Å². The van der Waals surface area contributed by atoms with Crippen molar-refractivity contribution in [2.24, 2.45) is 0 Å². The fourth-order valence-corrected chi connectivity index (χ4v) is 1.77. The molecule has 0 unspecified atom stereocenters. The first kappa shape index (κ1) is 13.2. The number of benzene rings is 1. The van der Waals surface area contributed by atoms with E-state index in [-0.39, 0.29) is 5.78 Å². The van der Waals surface area contributed by atoms with Gasteiger partial charge >= 0.3 is 0 Å². The predicted octanol–water partition coefficient (Wildman–Crippen LogP) is 3.37. The highest BCUT2D eigenvalue weighted by molar-refractivity contribution is 9.09. The highest BCUT2D eigenvalue weighted by Crippen LogP contribution is 2.13. The van der Waals surface area contributed by atoms with Gasteiger partial charge in [-0.1, -0.05) is 28.1 Å². The first-order valence-corrected chi connectivity index (χ1v) is 6.61. The molecule has 1 aromatic carbocycles. The molecule has 0 aliphatic carbocycles. The summed E-state index contributed by atoms with van der Waals surface area (Å²) in [5.74, 6) is 1.06. The van der Waals surface area contributed by atoms with Crippen LogP contribution >= 0.6 is 15.9 Å². The molecular formula is C13H17BrO2. The van der Waals surface area contributed by atoms with Crippen LogP contribution in [-0.2, 0) is 11.2 Å². The van der Waals surface area contributed by atoms with E-state index >= 15 is 0 Å². The van der Waals surface area contributed by atoms with Crippen LogP contribution in [0.2, 0.25) is 0 Å². The minimum Gasteiger partial charge on any atom is -0.494 e. The van der Waals surface area contributed by atoms with Gasteiger partial charge in [-0.05, 0) is 37.5 Å². The SMILES string of the molecule is CC(=O)Cc1ccc(OCCCCBr)cc1. The number of carbonyl (C=O) groups excluding carboxylic acids is 1. The first-order chi connectivity index (χ1) is 7.72. The molecule has 0 spiro atoms. The summed E-state index contributed by atoms with van der Waals surface area (Å²) in [6.07, 6.45) is 2.69. The van der Waals surface area contributed by atoms with Crippen molar-refractivity contribution in [3.05, 3.63) is 29.8 Å². The predicted molar refractivity (Wildman–Crippen MR) is 69.4 cm³/mol. The molecule has 0 heterocycles. The molecule has 0 bridgehead atoms. The molecule has 0 aliphatic heterocycles. The molecule has 0 radical (unpaired) electrons. The molecule has 0 aliphatic rings. The Hall–Kier alpha value is -0.830. The normalized spacial score (nSPS) is 10.1. The number of hydrogen-bond donors (Lipinski definition) is 0. The summed E-state index contributed by atoms with van der Waals surface area (Å²) >= 11 is 3.38. The van der Waals surface area contributed by atoms with Gasteiger partial charge in [0, 0.05) is 11.8 Å². The third-order valence-electron chi connectivity index (χ3n) is 2.17. The van der Waals surface area contributed by atoms with Crippen molar-refractivity contribution < 1.29 is 9.53 Å². The molecule has 3 heteroatoms. The van der Waals surface area contributed by atoms with Crippen molar-refractivity contribution in [3.63, 3.8) is 0 Å². The van der Waals surface area contributed by atoms with Gasteiger partial charge in [0.2, 0.25) is 0 Å². The maximum absolute atomic E-state index is 10.9. The summed E-state index contributed by atoms with van der Waals surface area (Å²) in [7, 11) is 0. The van der Waals surface area contributed by atoms with Crippen LogP contribution in [0.5, 0.6) is 5.75 Å². The van der Waals surface area contributed by atoms with Crippen molar-refractivity contribution in [3.8, 4) is 5.75 Å². The van der Waals surface area contributed by atoms with E-state index in [2.05, 4.69) is 15.9 Å². The van der Waals surface area contributed by atoms with Crippen molar-refractivity contribution in [1.82, 2.24) is 0 Å². The minimum absolute atomic E-state index is 0.186. The lowest BCUT2D eigenvalue weighted by Crippen LogP contribution is -1.99. The fraction of sp³-hybridized carbons (Fsp3) is 0.462. The quantitative estimate of drug-likeness (QED) is 0.567. The van der Waals surface area contributed by atoms with Gasteiger partial charge in [0.05, 0.1) is 6.61 Å². The maximum atomic E-state index is 10.9. The van der Waals surface area contributed by atoms with Crippen molar-refractivity contribution in [1.29, 1.82) is 0 Å². The van der Waals surface area contributed by atoms with E-state index in [0.29, 0.717) is 6.42 Å². The second-order valence-electron chi connectivity index (χ2n) is 3.77. The third kappa shape index (κ3) is 5.31. The number of hydrogen-bond acceptors (Lipinski definition) is 2. The molecule has 0 atom stereocenters. The van der Waals surface area contributed by atoms with Crippen molar-refractivity contribution in [2.75, 3.05) is 11.9 Å². The Balaban J connectivity index is 2.36. The van der Waals surface area contributed by atoms with E-state index in [1.165, 1.54) is 0 Å². The van der Waals surface area contributed by atoms with E-state index < -0.39 is 0 Å². The molecule has 0 N–H and O–H groups in total. The Morgan fingerprint density at radius 1 is 1.25 bits per heavy atom. The Labute approximate surface area is 105 Å². The molecule has 0 saturated heterocycles. The number of unbranched alkanes of at least 4 members (excludes halogenated alkanes) is 1. The number of ketones is 1. The fourth-order valence-electron chi connectivity index (χ4n) is 1.38. The largest absolute Gasteiger partial charge is 0.494 e. The van der Waals surface area contributed by atoms with E-state index in [9.17, 15) is 4.79 Å². The standard InChI is InChI=1S/C13H17BrO2/c1-11(15)10-12-4-6-13(7-5-12)16-9-3-2-8-14/h4-7H,2-3,8-10H2,1H3. The highest BCUT2D eigenvalue weighted by Gasteiger charge is 1.98. The number of halogens is 1. The number of Topliss-reactive ketones (excluding diaryl/α,β-unsaturated/α-hetero) is 1. The Morgan fingerprint density at radius 2 is 1.94 bits per heavy atom. The number of carbonyl (C=O) groups is 1. The number of ether oxygens (including phenoxy) is 1. The Kier molecular flexibility index (Phi) is 6.16. The molecule has 0 amide bonds. The summed E-state index contributed by atoms with van der Waals surface area (Å²) < 4.78 is 5.56. The minimum atomic E-state index is 0.186. The average Bonchev–Trinajstić information content (AvgIpc) is 2.26. The summed E-state index contributed by atoms with van der Waals surface area (Å²) in [6, 6.07) is 7.74.